The molecular weight excluding hydrogens is 386 g/mol. The number of hydrogen-bond donors (Lipinski definition) is 2. The molecule has 3 N–H and O–H groups in total. The van der Waals surface area contributed by atoms with Gasteiger partial charge in [0, 0.05) is 17.3 Å². The fourth-order valence-electron chi connectivity index (χ4n) is 2.39. The van der Waals surface area contributed by atoms with Gasteiger partial charge >= 0.3 is 6.01 Å². The second-order valence-corrected chi connectivity index (χ2v) is 7.68. The van der Waals surface area contributed by atoms with Crippen molar-refractivity contribution in [3.63, 3.8) is 0 Å². The van der Waals surface area contributed by atoms with Crippen molar-refractivity contribution in [3.05, 3.63) is 71.0 Å². The SMILES string of the molecule is CCOc1ncnc(Nc2ccc(C(C)(C)C)cc2)n1.NCc1ccccc1Cl. The van der Waals surface area contributed by atoms with Gasteiger partial charge in [-0.25, -0.2) is 4.98 Å². The summed E-state index contributed by atoms with van der Waals surface area (Å²) < 4.78 is 5.25. The molecule has 0 spiro atoms. The van der Waals surface area contributed by atoms with E-state index in [1.807, 2.05) is 43.3 Å². The molecule has 29 heavy (non-hydrogen) atoms. The van der Waals surface area contributed by atoms with E-state index in [2.05, 4.69) is 53.2 Å². The van der Waals surface area contributed by atoms with Gasteiger partial charge in [-0.15, -0.1) is 0 Å². The van der Waals surface area contributed by atoms with Gasteiger partial charge in [0.15, 0.2) is 0 Å². The van der Waals surface area contributed by atoms with Crippen LogP contribution in [0.4, 0.5) is 11.6 Å². The molecule has 0 fully saturated rings. The van der Waals surface area contributed by atoms with Crippen LogP contribution in [0.2, 0.25) is 5.02 Å². The summed E-state index contributed by atoms with van der Waals surface area (Å²) in [6, 6.07) is 16.1. The average molecular weight is 414 g/mol. The van der Waals surface area contributed by atoms with E-state index >= 15 is 0 Å². The molecule has 0 atom stereocenters. The van der Waals surface area contributed by atoms with Crippen LogP contribution >= 0.6 is 11.6 Å². The number of rotatable bonds is 5. The molecule has 3 rings (SSSR count). The number of hydrogen-bond acceptors (Lipinski definition) is 6. The highest BCUT2D eigenvalue weighted by atomic mass is 35.5. The van der Waals surface area contributed by atoms with Crippen molar-refractivity contribution >= 4 is 23.2 Å². The third-order valence-corrected chi connectivity index (χ3v) is 4.38. The number of anilines is 2. The first-order valence-corrected chi connectivity index (χ1v) is 9.84. The largest absolute Gasteiger partial charge is 0.464 e. The third kappa shape index (κ3) is 7.33. The highest BCUT2D eigenvalue weighted by Gasteiger charge is 2.13. The summed E-state index contributed by atoms with van der Waals surface area (Å²) in [6.07, 6.45) is 1.43. The van der Waals surface area contributed by atoms with Gasteiger partial charge in [-0.05, 0) is 41.7 Å². The van der Waals surface area contributed by atoms with E-state index in [4.69, 9.17) is 22.1 Å². The minimum atomic E-state index is 0.147. The number of ether oxygens (including phenoxy) is 1. The van der Waals surface area contributed by atoms with Crippen LogP contribution < -0.4 is 15.8 Å². The quantitative estimate of drug-likeness (QED) is 0.604. The third-order valence-electron chi connectivity index (χ3n) is 4.01. The molecule has 0 amide bonds. The molecule has 2 aromatic carbocycles. The summed E-state index contributed by atoms with van der Waals surface area (Å²) >= 11 is 5.74. The van der Waals surface area contributed by atoms with Crippen LogP contribution in [0.1, 0.15) is 38.8 Å². The molecule has 1 heterocycles. The van der Waals surface area contributed by atoms with E-state index < -0.39 is 0 Å². The molecule has 154 valence electrons. The first-order chi connectivity index (χ1) is 13.8. The van der Waals surface area contributed by atoms with Crippen molar-refractivity contribution in [1.29, 1.82) is 0 Å². The molecule has 0 radical (unpaired) electrons. The summed E-state index contributed by atoms with van der Waals surface area (Å²) in [4.78, 5) is 12.2. The Morgan fingerprint density at radius 3 is 2.28 bits per heavy atom. The second kappa shape index (κ2) is 10.7. The van der Waals surface area contributed by atoms with Crippen molar-refractivity contribution in [2.24, 2.45) is 5.73 Å². The number of nitrogens with one attached hydrogen (secondary N) is 1. The number of halogens is 1. The lowest BCUT2D eigenvalue weighted by molar-refractivity contribution is 0.312. The van der Waals surface area contributed by atoms with Gasteiger partial charge in [-0.3, -0.25) is 0 Å². The Morgan fingerprint density at radius 1 is 1.03 bits per heavy atom. The molecule has 1 aromatic heterocycles. The van der Waals surface area contributed by atoms with Gasteiger partial charge in [0.2, 0.25) is 5.95 Å². The summed E-state index contributed by atoms with van der Waals surface area (Å²) in [5, 5.41) is 3.89. The number of nitrogens with two attached hydrogens (primary N) is 1. The lowest BCUT2D eigenvalue weighted by Gasteiger charge is -2.19. The summed E-state index contributed by atoms with van der Waals surface area (Å²) in [5.41, 5.74) is 8.73. The topological polar surface area (TPSA) is 86.0 Å². The van der Waals surface area contributed by atoms with Crippen molar-refractivity contribution < 1.29 is 4.74 Å². The average Bonchev–Trinajstić information content (AvgIpc) is 2.69. The van der Waals surface area contributed by atoms with Gasteiger partial charge in [0.1, 0.15) is 6.33 Å². The molecule has 0 aliphatic rings. The van der Waals surface area contributed by atoms with Gasteiger partial charge in [0.05, 0.1) is 6.61 Å². The van der Waals surface area contributed by atoms with Crippen LogP contribution in [0.5, 0.6) is 6.01 Å². The zero-order valence-electron chi connectivity index (χ0n) is 17.3. The predicted molar refractivity (Wildman–Crippen MR) is 119 cm³/mol. The Kier molecular flexibility index (Phi) is 8.36. The van der Waals surface area contributed by atoms with Crippen molar-refractivity contribution in [2.75, 3.05) is 11.9 Å². The van der Waals surface area contributed by atoms with Crippen molar-refractivity contribution in [3.8, 4) is 6.01 Å². The van der Waals surface area contributed by atoms with Crippen LogP contribution in [-0.2, 0) is 12.0 Å². The zero-order chi connectivity index (χ0) is 21.3. The Bertz CT molecular complexity index is 894. The van der Waals surface area contributed by atoms with E-state index in [9.17, 15) is 0 Å². The molecule has 0 bridgehead atoms. The minimum absolute atomic E-state index is 0.147. The Hall–Kier alpha value is -2.70. The van der Waals surface area contributed by atoms with Crippen molar-refractivity contribution in [2.45, 2.75) is 39.7 Å². The first-order valence-electron chi connectivity index (χ1n) is 9.46. The van der Waals surface area contributed by atoms with E-state index in [1.54, 1.807) is 0 Å². The van der Waals surface area contributed by atoms with E-state index in [0.29, 0.717) is 25.1 Å². The maximum absolute atomic E-state index is 5.74. The lowest BCUT2D eigenvalue weighted by Crippen LogP contribution is -2.10. The monoisotopic (exact) mass is 413 g/mol. The highest BCUT2D eigenvalue weighted by molar-refractivity contribution is 6.31. The van der Waals surface area contributed by atoms with E-state index in [1.165, 1.54) is 11.9 Å². The van der Waals surface area contributed by atoms with Crippen LogP contribution in [0.15, 0.2) is 54.9 Å². The molecule has 7 heteroatoms. The molecule has 3 aromatic rings. The Balaban J connectivity index is 0.000000278. The highest BCUT2D eigenvalue weighted by Crippen LogP contribution is 2.24. The summed E-state index contributed by atoms with van der Waals surface area (Å²) in [7, 11) is 0. The summed E-state index contributed by atoms with van der Waals surface area (Å²) in [6.45, 7) is 9.51. The lowest BCUT2D eigenvalue weighted by atomic mass is 9.87. The van der Waals surface area contributed by atoms with E-state index in [-0.39, 0.29) is 5.41 Å². The molecule has 0 saturated carbocycles. The van der Waals surface area contributed by atoms with Crippen LogP contribution in [0, 0.1) is 0 Å². The normalized spacial score (nSPS) is 10.7. The van der Waals surface area contributed by atoms with Gasteiger partial charge in [-0.2, -0.15) is 9.97 Å². The fraction of sp³-hybridized carbons (Fsp3) is 0.318. The molecular formula is C22H28ClN5O. The minimum Gasteiger partial charge on any atom is -0.464 e. The van der Waals surface area contributed by atoms with Crippen LogP contribution in [0.25, 0.3) is 0 Å². The smallest absolute Gasteiger partial charge is 0.321 e. The Labute approximate surface area is 177 Å². The maximum atomic E-state index is 5.74. The van der Waals surface area contributed by atoms with Gasteiger partial charge in [-0.1, -0.05) is 62.7 Å². The van der Waals surface area contributed by atoms with Crippen LogP contribution in [0.3, 0.4) is 0 Å². The second-order valence-electron chi connectivity index (χ2n) is 7.27. The first kappa shape index (κ1) is 22.6. The summed E-state index contributed by atoms with van der Waals surface area (Å²) in [5.74, 6) is 0.479. The number of aromatic nitrogens is 3. The Morgan fingerprint density at radius 2 is 1.72 bits per heavy atom. The maximum Gasteiger partial charge on any atom is 0.321 e. The molecule has 0 saturated heterocycles. The van der Waals surface area contributed by atoms with Crippen molar-refractivity contribution in [1.82, 2.24) is 15.0 Å². The zero-order valence-corrected chi connectivity index (χ0v) is 18.1. The fourth-order valence-corrected chi connectivity index (χ4v) is 2.60. The number of nitrogens with zero attached hydrogens (tertiary/aromatic N) is 3. The molecule has 0 unspecified atom stereocenters. The molecule has 6 nitrogen and oxygen atoms in total. The predicted octanol–water partition coefficient (Wildman–Crippen LogP) is 5.11. The van der Waals surface area contributed by atoms with Gasteiger partial charge in [0.25, 0.3) is 0 Å². The molecule has 0 aliphatic heterocycles. The standard InChI is InChI=1S/C15H20N4O.C7H8ClN/c1-5-20-14-17-10-16-13(19-14)18-12-8-6-11(7-9-12)15(2,3)4;8-7-4-2-1-3-6(7)5-9/h6-10H,5H2,1-4H3,(H,16,17,18,19);1-4H,5,9H2. The van der Waals surface area contributed by atoms with E-state index in [0.717, 1.165) is 16.3 Å². The van der Waals surface area contributed by atoms with Crippen LogP contribution in [-0.4, -0.2) is 21.6 Å². The number of benzene rings is 2. The molecule has 0 aliphatic carbocycles. The van der Waals surface area contributed by atoms with Gasteiger partial charge < -0.3 is 15.8 Å².